The van der Waals surface area contributed by atoms with E-state index < -0.39 is 12.1 Å². The predicted octanol–water partition coefficient (Wildman–Crippen LogP) is -0.264. The zero-order valence-electron chi connectivity index (χ0n) is 4.74. The smallest absolute Gasteiger partial charge is 0.332 e. The molecule has 0 aromatic rings. The van der Waals surface area contributed by atoms with Gasteiger partial charge in [-0.25, -0.2) is 4.79 Å². The van der Waals surface area contributed by atoms with Crippen molar-refractivity contribution in [3.63, 3.8) is 0 Å². The Morgan fingerprint density at radius 3 is 2.67 bits per heavy atom. The van der Waals surface area contributed by atoms with Crippen molar-refractivity contribution in [2.75, 3.05) is 0 Å². The first-order valence-electron chi connectivity index (χ1n) is 2.46. The molecule has 4 nitrogen and oxygen atoms in total. The Balaban J connectivity index is 3.41. The number of carbonyl (C=O) groups is 1. The van der Waals surface area contributed by atoms with E-state index in [1.54, 1.807) is 6.07 Å². The number of hydrogen-bond acceptors (Lipinski definition) is 3. The minimum absolute atomic E-state index is 0.00579. The van der Waals surface area contributed by atoms with Gasteiger partial charge >= 0.3 is 5.97 Å². The van der Waals surface area contributed by atoms with Gasteiger partial charge in [0, 0.05) is 6.42 Å². The van der Waals surface area contributed by atoms with Crippen LogP contribution in [0, 0.1) is 11.3 Å². The van der Waals surface area contributed by atoms with Gasteiger partial charge in [-0.15, -0.1) is 0 Å². The van der Waals surface area contributed by atoms with Gasteiger partial charge in [0.15, 0.2) is 6.10 Å². The van der Waals surface area contributed by atoms with Gasteiger partial charge in [0.1, 0.15) is 0 Å². The molecule has 0 rings (SSSR count). The normalized spacial score (nSPS) is 12.0. The molecule has 50 valence electrons. The van der Waals surface area contributed by atoms with E-state index in [2.05, 4.69) is 0 Å². The van der Waals surface area contributed by atoms with Crippen LogP contribution in [0.4, 0.5) is 0 Å². The second-order valence-electron chi connectivity index (χ2n) is 1.55. The molecule has 0 fully saturated rings. The Morgan fingerprint density at radius 1 is 1.78 bits per heavy atom. The fraction of sp³-hybridized carbons (Fsp3) is 0.600. The molecule has 0 spiro atoms. The lowest BCUT2D eigenvalue weighted by atomic mass is 10.2. The van der Waals surface area contributed by atoms with Crippen LogP contribution in [0.3, 0.4) is 0 Å². The molecule has 4 heteroatoms. The lowest BCUT2D eigenvalue weighted by molar-refractivity contribution is -0.146. The summed E-state index contributed by atoms with van der Waals surface area (Å²) in [6.45, 7) is 0. The highest BCUT2D eigenvalue weighted by Gasteiger charge is 2.10. The van der Waals surface area contributed by atoms with Crippen LogP contribution >= 0.6 is 0 Å². The SMILES string of the molecule is N#CCC[C@@H](O)C(=O)O. The van der Waals surface area contributed by atoms with Crippen molar-refractivity contribution in [2.24, 2.45) is 0 Å². The van der Waals surface area contributed by atoms with Gasteiger partial charge in [-0.1, -0.05) is 0 Å². The second-order valence-corrected chi connectivity index (χ2v) is 1.55. The highest BCUT2D eigenvalue weighted by atomic mass is 16.4. The molecule has 9 heavy (non-hydrogen) atoms. The fourth-order valence-electron chi connectivity index (χ4n) is 0.325. The van der Waals surface area contributed by atoms with Crippen molar-refractivity contribution < 1.29 is 15.0 Å². The van der Waals surface area contributed by atoms with Gasteiger partial charge in [-0.3, -0.25) is 0 Å². The van der Waals surface area contributed by atoms with E-state index in [9.17, 15) is 4.79 Å². The zero-order chi connectivity index (χ0) is 7.28. The number of carboxylic acid groups (broad SMARTS) is 1. The summed E-state index contributed by atoms with van der Waals surface area (Å²) in [7, 11) is 0. The molecule has 0 amide bonds. The van der Waals surface area contributed by atoms with Crippen LogP contribution in [0.5, 0.6) is 0 Å². The number of aliphatic hydroxyl groups excluding tert-OH is 1. The third-order valence-electron chi connectivity index (χ3n) is 0.815. The van der Waals surface area contributed by atoms with Crippen molar-refractivity contribution in [3.05, 3.63) is 0 Å². The maximum atomic E-state index is 9.85. The number of rotatable bonds is 3. The molecule has 0 aliphatic carbocycles. The minimum Gasteiger partial charge on any atom is -0.479 e. The summed E-state index contributed by atoms with van der Waals surface area (Å²) in [5, 5.41) is 24.5. The lowest BCUT2D eigenvalue weighted by Crippen LogP contribution is -2.18. The van der Waals surface area contributed by atoms with Crippen LogP contribution < -0.4 is 0 Å². The Bertz CT molecular complexity index is 138. The second kappa shape index (κ2) is 3.87. The highest BCUT2D eigenvalue weighted by molar-refractivity contribution is 5.71. The van der Waals surface area contributed by atoms with E-state index in [1.165, 1.54) is 0 Å². The van der Waals surface area contributed by atoms with E-state index in [4.69, 9.17) is 15.5 Å². The quantitative estimate of drug-likeness (QED) is 0.549. The highest BCUT2D eigenvalue weighted by Crippen LogP contribution is 1.94. The Kier molecular flexibility index (Phi) is 3.40. The van der Waals surface area contributed by atoms with E-state index in [1.807, 2.05) is 0 Å². The summed E-state index contributed by atoms with van der Waals surface area (Å²) in [4.78, 5) is 9.85. The summed E-state index contributed by atoms with van der Waals surface area (Å²) < 4.78 is 0. The summed E-state index contributed by atoms with van der Waals surface area (Å²) in [6, 6.07) is 1.73. The first-order valence-corrected chi connectivity index (χ1v) is 2.46. The zero-order valence-corrected chi connectivity index (χ0v) is 4.74. The van der Waals surface area contributed by atoms with Gasteiger partial charge in [-0.05, 0) is 6.42 Å². The standard InChI is InChI=1S/C5H7NO3/c6-3-1-2-4(7)5(8)9/h4,7H,1-2H2,(H,8,9)/t4-/m1/s1. The van der Waals surface area contributed by atoms with E-state index in [0.29, 0.717) is 0 Å². The molecule has 2 N–H and O–H groups in total. The maximum absolute atomic E-state index is 9.85. The fourth-order valence-corrected chi connectivity index (χ4v) is 0.325. The number of nitriles is 1. The molecule has 0 heterocycles. The summed E-state index contributed by atoms with van der Waals surface area (Å²) in [5.74, 6) is -1.27. The molecule has 0 aromatic heterocycles. The monoisotopic (exact) mass is 129 g/mol. The van der Waals surface area contributed by atoms with Crippen molar-refractivity contribution in [3.8, 4) is 6.07 Å². The number of hydrogen-bond donors (Lipinski definition) is 2. The first kappa shape index (κ1) is 7.92. The van der Waals surface area contributed by atoms with Crippen LogP contribution in [0.2, 0.25) is 0 Å². The molecule has 0 unspecified atom stereocenters. The van der Waals surface area contributed by atoms with E-state index in [-0.39, 0.29) is 12.8 Å². The molecule has 0 aliphatic rings. The molecular formula is C5H7NO3. The van der Waals surface area contributed by atoms with Gasteiger partial charge in [0.2, 0.25) is 0 Å². The summed E-state index contributed by atoms with van der Waals surface area (Å²) >= 11 is 0. The van der Waals surface area contributed by atoms with Crippen LogP contribution in [0.15, 0.2) is 0 Å². The molecule has 0 radical (unpaired) electrons. The molecular weight excluding hydrogens is 122 g/mol. The number of nitrogens with zero attached hydrogens (tertiary/aromatic N) is 1. The molecule has 0 saturated heterocycles. The van der Waals surface area contributed by atoms with Crippen molar-refractivity contribution in [2.45, 2.75) is 18.9 Å². The number of carboxylic acids is 1. The van der Waals surface area contributed by atoms with Crippen LogP contribution in [0.1, 0.15) is 12.8 Å². The Labute approximate surface area is 52.3 Å². The van der Waals surface area contributed by atoms with Gasteiger partial charge < -0.3 is 10.2 Å². The molecule has 0 aromatic carbocycles. The van der Waals surface area contributed by atoms with Crippen molar-refractivity contribution >= 4 is 5.97 Å². The predicted molar refractivity (Wildman–Crippen MR) is 28.5 cm³/mol. The first-order chi connectivity index (χ1) is 4.18. The molecule has 1 atom stereocenters. The van der Waals surface area contributed by atoms with Crippen molar-refractivity contribution in [1.82, 2.24) is 0 Å². The van der Waals surface area contributed by atoms with Gasteiger partial charge in [-0.2, -0.15) is 5.26 Å². The largest absolute Gasteiger partial charge is 0.479 e. The van der Waals surface area contributed by atoms with Crippen LogP contribution in [-0.2, 0) is 4.79 Å². The average molecular weight is 129 g/mol. The average Bonchev–Trinajstić information content (AvgIpc) is 1.82. The number of aliphatic carboxylic acids is 1. The van der Waals surface area contributed by atoms with Crippen LogP contribution in [0.25, 0.3) is 0 Å². The Hall–Kier alpha value is -1.08. The molecule has 0 saturated carbocycles. The topological polar surface area (TPSA) is 81.3 Å². The van der Waals surface area contributed by atoms with E-state index >= 15 is 0 Å². The lowest BCUT2D eigenvalue weighted by Gasteiger charge is -1.98. The van der Waals surface area contributed by atoms with Crippen LogP contribution in [-0.4, -0.2) is 22.3 Å². The van der Waals surface area contributed by atoms with Gasteiger partial charge in [0.05, 0.1) is 6.07 Å². The Morgan fingerprint density at radius 2 is 2.33 bits per heavy atom. The van der Waals surface area contributed by atoms with Crippen molar-refractivity contribution in [1.29, 1.82) is 5.26 Å². The van der Waals surface area contributed by atoms with Gasteiger partial charge in [0.25, 0.3) is 0 Å². The molecule has 0 bridgehead atoms. The third kappa shape index (κ3) is 3.50. The third-order valence-corrected chi connectivity index (χ3v) is 0.815. The van der Waals surface area contributed by atoms with E-state index in [0.717, 1.165) is 0 Å². The molecule has 0 aliphatic heterocycles. The number of aliphatic hydroxyl groups is 1. The summed E-state index contributed by atoms with van der Waals surface area (Å²) in [5.41, 5.74) is 0. The summed E-state index contributed by atoms with van der Waals surface area (Å²) in [6.07, 6.45) is -1.30. The maximum Gasteiger partial charge on any atom is 0.332 e. The minimum atomic E-state index is -1.38.